The smallest absolute Gasteiger partial charge is 0.344 e. The lowest BCUT2D eigenvalue weighted by molar-refractivity contribution is -0.145. The van der Waals surface area contributed by atoms with Gasteiger partial charge in [-0.3, -0.25) is 0 Å². The second-order valence-electron chi connectivity index (χ2n) is 10.1. The van der Waals surface area contributed by atoms with Gasteiger partial charge in [0.25, 0.3) is 0 Å². The number of aliphatic carboxylic acids is 1. The van der Waals surface area contributed by atoms with Gasteiger partial charge in [0.1, 0.15) is 17.1 Å². The second kappa shape index (κ2) is 12.0. The molecule has 0 aliphatic carbocycles. The fourth-order valence-corrected chi connectivity index (χ4v) is 5.21. The molecule has 41 heavy (non-hydrogen) atoms. The van der Waals surface area contributed by atoms with Crippen molar-refractivity contribution < 1.29 is 19.1 Å². The Hall–Kier alpha value is -5.09. The monoisotopic (exact) mass is 538 g/mol. The number of carboxylic acids is 1. The van der Waals surface area contributed by atoms with Crippen LogP contribution < -0.4 is 4.74 Å². The molecule has 6 aromatic rings. The fourth-order valence-electron chi connectivity index (χ4n) is 5.21. The number of aryl methyl sites for hydroxylation is 1. The van der Waals surface area contributed by atoms with Gasteiger partial charge in [0.05, 0.1) is 0 Å². The molecule has 4 heteroatoms. The van der Waals surface area contributed by atoms with Crippen LogP contribution in [-0.4, -0.2) is 17.2 Å². The van der Waals surface area contributed by atoms with Crippen LogP contribution in [-0.2, 0) is 17.6 Å². The van der Waals surface area contributed by atoms with Gasteiger partial charge < -0.3 is 14.3 Å². The Morgan fingerprint density at radius 2 is 1.22 bits per heavy atom. The van der Waals surface area contributed by atoms with Crippen molar-refractivity contribution in [3.63, 3.8) is 0 Å². The summed E-state index contributed by atoms with van der Waals surface area (Å²) in [6, 6.07) is 44.5. The molecule has 1 heterocycles. The highest BCUT2D eigenvalue weighted by Crippen LogP contribution is 2.37. The minimum atomic E-state index is -0.959. The van der Waals surface area contributed by atoms with Gasteiger partial charge in [0.15, 0.2) is 6.10 Å². The molecule has 0 spiro atoms. The minimum absolute atomic E-state index is 0.400. The fraction of sp³-hybridized carbons (Fsp3) is 0.108. The summed E-state index contributed by atoms with van der Waals surface area (Å²) < 4.78 is 12.2. The Morgan fingerprint density at radius 3 is 1.88 bits per heavy atom. The highest BCUT2D eigenvalue weighted by molar-refractivity contribution is 5.96. The Labute approximate surface area is 239 Å². The molecule has 4 nitrogen and oxygen atoms in total. The summed E-state index contributed by atoms with van der Waals surface area (Å²) in [7, 11) is 0. The molecule has 1 aromatic heterocycles. The first-order valence-corrected chi connectivity index (χ1v) is 13.8. The van der Waals surface area contributed by atoms with E-state index < -0.39 is 12.1 Å². The summed E-state index contributed by atoms with van der Waals surface area (Å²) in [6.07, 6.45) is 0.852. The largest absolute Gasteiger partial charge is 0.479 e. The Morgan fingerprint density at radius 1 is 0.659 bits per heavy atom. The van der Waals surface area contributed by atoms with Gasteiger partial charge in [0, 0.05) is 17.4 Å². The van der Waals surface area contributed by atoms with Crippen molar-refractivity contribution in [2.24, 2.45) is 0 Å². The van der Waals surface area contributed by atoms with E-state index in [1.165, 1.54) is 5.56 Å². The number of hydrogen-bond donors (Lipinski definition) is 1. The molecule has 0 fully saturated rings. The standard InChI is InChI=1S/C37H30O4/c38-37(39)34(24-15-26-9-3-1-4-10-26)40-31-22-20-29(21-23-31)28-16-18-30(19-17-28)36-32-13-7-8-14-33(32)41-35(36)25-27-11-5-2-6-12-27/h1-14,16-23,34H,15,24-25H2,(H,38,39)/t34-/m0/s1. The average molecular weight is 539 g/mol. The molecule has 6 rings (SSSR count). The third kappa shape index (κ3) is 6.07. The molecule has 5 aromatic carbocycles. The van der Waals surface area contributed by atoms with Gasteiger partial charge >= 0.3 is 5.97 Å². The topological polar surface area (TPSA) is 59.7 Å². The van der Waals surface area contributed by atoms with Crippen molar-refractivity contribution in [1.29, 1.82) is 0 Å². The number of rotatable bonds is 10. The highest BCUT2D eigenvalue weighted by atomic mass is 16.5. The van der Waals surface area contributed by atoms with E-state index in [4.69, 9.17) is 9.15 Å². The molecule has 0 aliphatic rings. The molecule has 0 bridgehead atoms. The van der Waals surface area contributed by atoms with Crippen LogP contribution in [0.5, 0.6) is 5.75 Å². The lowest BCUT2D eigenvalue weighted by Gasteiger charge is -2.15. The third-order valence-electron chi connectivity index (χ3n) is 7.33. The average Bonchev–Trinajstić information content (AvgIpc) is 3.38. The van der Waals surface area contributed by atoms with E-state index in [0.29, 0.717) is 18.6 Å². The number of ether oxygens (including phenoxy) is 1. The minimum Gasteiger partial charge on any atom is -0.479 e. The summed E-state index contributed by atoms with van der Waals surface area (Å²) in [4.78, 5) is 11.8. The van der Waals surface area contributed by atoms with Crippen LogP contribution in [0.25, 0.3) is 33.2 Å². The first-order valence-electron chi connectivity index (χ1n) is 13.8. The van der Waals surface area contributed by atoms with E-state index in [1.54, 1.807) is 0 Å². The van der Waals surface area contributed by atoms with Gasteiger partial charge in [-0.15, -0.1) is 0 Å². The van der Waals surface area contributed by atoms with Crippen LogP contribution in [0, 0.1) is 0 Å². The number of carboxylic acid groups (broad SMARTS) is 1. The lowest BCUT2D eigenvalue weighted by atomic mass is 9.96. The van der Waals surface area contributed by atoms with Gasteiger partial charge in [0.2, 0.25) is 0 Å². The molecule has 0 aliphatic heterocycles. The zero-order valence-corrected chi connectivity index (χ0v) is 22.6. The Bertz CT molecular complexity index is 1740. The van der Waals surface area contributed by atoms with Gasteiger partial charge in [-0.2, -0.15) is 0 Å². The van der Waals surface area contributed by atoms with Gasteiger partial charge in [-0.25, -0.2) is 4.79 Å². The summed E-state index contributed by atoms with van der Waals surface area (Å²) in [5, 5.41) is 10.8. The molecule has 202 valence electrons. The summed E-state index contributed by atoms with van der Waals surface area (Å²) >= 11 is 0. The van der Waals surface area contributed by atoms with Crippen molar-refractivity contribution in [2.75, 3.05) is 0 Å². The Kier molecular flexibility index (Phi) is 7.63. The number of fused-ring (bicyclic) bond motifs is 1. The number of benzene rings is 5. The van der Waals surface area contributed by atoms with Crippen molar-refractivity contribution >= 4 is 16.9 Å². The predicted molar refractivity (Wildman–Crippen MR) is 163 cm³/mol. The van der Waals surface area contributed by atoms with Gasteiger partial charge in [-0.05, 0) is 58.9 Å². The van der Waals surface area contributed by atoms with E-state index in [2.05, 4.69) is 54.6 Å². The van der Waals surface area contributed by atoms with E-state index >= 15 is 0 Å². The highest BCUT2D eigenvalue weighted by Gasteiger charge is 2.20. The van der Waals surface area contributed by atoms with E-state index in [9.17, 15) is 9.90 Å². The molecule has 0 saturated carbocycles. The molecular formula is C37H30O4. The van der Waals surface area contributed by atoms with Crippen molar-refractivity contribution in [3.05, 3.63) is 150 Å². The zero-order chi connectivity index (χ0) is 28.0. The number of furan rings is 1. The number of para-hydroxylation sites is 1. The van der Waals surface area contributed by atoms with Crippen molar-refractivity contribution in [3.8, 4) is 28.0 Å². The molecule has 0 saturated heterocycles. The molecular weight excluding hydrogens is 508 g/mol. The van der Waals surface area contributed by atoms with E-state index in [0.717, 1.165) is 51.0 Å². The maximum atomic E-state index is 11.8. The second-order valence-corrected chi connectivity index (χ2v) is 10.1. The van der Waals surface area contributed by atoms with Crippen LogP contribution >= 0.6 is 0 Å². The molecule has 0 amide bonds. The van der Waals surface area contributed by atoms with E-state index in [1.807, 2.05) is 78.9 Å². The maximum absolute atomic E-state index is 11.8. The van der Waals surface area contributed by atoms with Crippen LogP contribution in [0.3, 0.4) is 0 Å². The SMILES string of the molecule is O=C(O)[C@H](CCc1ccccc1)Oc1ccc(-c2ccc(-c3c(Cc4ccccc4)oc4ccccc34)cc2)cc1. The zero-order valence-electron chi connectivity index (χ0n) is 22.6. The molecule has 1 N–H and O–H groups in total. The lowest BCUT2D eigenvalue weighted by Crippen LogP contribution is -2.27. The Balaban J connectivity index is 1.19. The van der Waals surface area contributed by atoms with E-state index in [-0.39, 0.29) is 0 Å². The predicted octanol–water partition coefficient (Wildman–Crippen LogP) is 8.82. The first-order chi connectivity index (χ1) is 20.1. The summed E-state index contributed by atoms with van der Waals surface area (Å²) in [6.45, 7) is 0. The number of carbonyl (C=O) groups is 1. The third-order valence-corrected chi connectivity index (χ3v) is 7.33. The summed E-state index contributed by atoms with van der Waals surface area (Å²) in [5.74, 6) is 0.534. The van der Waals surface area contributed by atoms with Crippen LogP contribution in [0.4, 0.5) is 0 Å². The maximum Gasteiger partial charge on any atom is 0.344 e. The first kappa shape index (κ1) is 26.1. The molecule has 1 atom stereocenters. The van der Waals surface area contributed by atoms with Crippen LogP contribution in [0.15, 0.2) is 138 Å². The van der Waals surface area contributed by atoms with Crippen molar-refractivity contribution in [1.82, 2.24) is 0 Å². The van der Waals surface area contributed by atoms with Crippen LogP contribution in [0.1, 0.15) is 23.3 Å². The molecule has 0 unspecified atom stereocenters. The van der Waals surface area contributed by atoms with Gasteiger partial charge in [-0.1, -0.05) is 115 Å². The normalized spacial score (nSPS) is 11.8. The van der Waals surface area contributed by atoms with Crippen LogP contribution in [0.2, 0.25) is 0 Å². The summed E-state index contributed by atoms with van der Waals surface area (Å²) in [5.41, 5.74) is 7.51. The number of hydrogen-bond acceptors (Lipinski definition) is 3. The van der Waals surface area contributed by atoms with Crippen molar-refractivity contribution in [2.45, 2.75) is 25.4 Å². The molecule has 0 radical (unpaired) electrons. The quantitative estimate of drug-likeness (QED) is 0.189.